The second-order valence-corrected chi connectivity index (χ2v) is 4.40. The Kier molecular flexibility index (Phi) is 3.71. The van der Waals surface area contributed by atoms with Gasteiger partial charge in [0.25, 0.3) is 0 Å². The lowest BCUT2D eigenvalue weighted by Gasteiger charge is -2.22. The molecule has 4 nitrogen and oxygen atoms in total. The molecule has 0 saturated carbocycles. The van der Waals surface area contributed by atoms with E-state index in [1.54, 1.807) is 0 Å². The summed E-state index contributed by atoms with van der Waals surface area (Å²) in [6.45, 7) is 2.01. The minimum Gasteiger partial charge on any atom is -0.409 e. The molecule has 0 radical (unpaired) electrons. The number of aryl methyl sites for hydroxylation is 1. The summed E-state index contributed by atoms with van der Waals surface area (Å²) in [4.78, 5) is 2.01. The van der Waals surface area contributed by atoms with Crippen molar-refractivity contribution in [3.8, 4) is 0 Å². The van der Waals surface area contributed by atoms with Crippen LogP contribution in [-0.2, 0) is 0 Å². The summed E-state index contributed by atoms with van der Waals surface area (Å²) in [5.41, 5.74) is 9.51. The first kappa shape index (κ1) is 13.0. The Morgan fingerprint density at radius 2 is 1.84 bits per heavy atom. The van der Waals surface area contributed by atoms with Crippen molar-refractivity contribution in [2.45, 2.75) is 6.92 Å². The highest BCUT2D eigenvalue weighted by atomic mass is 16.4. The van der Waals surface area contributed by atoms with Gasteiger partial charge in [-0.05, 0) is 36.8 Å². The Bertz CT molecular complexity index is 594. The van der Waals surface area contributed by atoms with E-state index in [1.807, 2.05) is 67.4 Å². The lowest BCUT2D eigenvalue weighted by molar-refractivity contribution is 0.318. The van der Waals surface area contributed by atoms with Crippen LogP contribution in [0.2, 0.25) is 0 Å². The highest BCUT2D eigenvalue weighted by Gasteiger charge is 2.12. The molecule has 0 spiro atoms. The topological polar surface area (TPSA) is 61.9 Å². The van der Waals surface area contributed by atoms with E-state index in [9.17, 15) is 0 Å². The highest BCUT2D eigenvalue weighted by molar-refractivity contribution is 6.03. The second-order valence-electron chi connectivity index (χ2n) is 4.40. The molecule has 0 saturated heterocycles. The zero-order valence-corrected chi connectivity index (χ0v) is 11.0. The highest BCUT2D eigenvalue weighted by Crippen LogP contribution is 2.27. The van der Waals surface area contributed by atoms with Crippen molar-refractivity contribution >= 4 is 17.2 Å². The zero-order valence-electron chi connectivity index (χ0n) is 11.0. The van der Waals surface area contributed by atoms with Gasteiger partial charge >= 0.3 is 0 Å². The molecular formula is C15H17N3O. The molecule has 4 heteroatoms. The molecule has 0 fully saturated rings. The van der Waals surface area contributed by atoms with Crippen LogP contribution in [0, 0.1) is 6.92 Å². The molecule has 2 aromatic rings. The van der Waals surface area contributed by atoms with E-state index < -0.39 is 0 Å². The van der Waals surface area contributed by atoms with Gasteiger partial charge in [-0.15, -0.1) is 0 Å². The van der Waals surface area contributed by atoms with Crippen LogP contribution < -0.4 is 10.6 Å². The zero-order chi connectivity index (χ0) is 13.8. The van der Waals surface area contributed by atoms with Gasteiger partial charge < -0.3 is 15.8 Å². The van der Waals surface area contributed by atoms with E-state index in [0.717, 1.165) is 16.9 Å². The number of oxime groups is 1. The molecule has 0 aromatic heterocycles. The van der Waals surface area contributed by atoms with Crippen molar-refractivity contribution < 1.29 is 5.21 Å². The second kappa shape index (κ2) is 5.44. The molecule has 0 heterocycles. The lowest BCUT2D eigenvalue weighted by Crippen LogP contribution is -2.19. The number of rotatable bonds is 3. The molecule has 0 unspecified atom stereocenters. The molecule has 3 N–H and O–H groups in total. The summed E-state index contributed by atoms with van der Waals surface area (Å²) in [5, 5.41) is 12.0. The van der Waals surface area contributed by atoms with Gasteiger partial charge in [-0.1, -0.05) is 29.4 Å². The summed E-state index contributed by atoms with van der Waals surface area (Å²) in [6, 6.07) is 15.8. The predicted molar refractivity (Wildman–Crippen MR) is 78.2 cm³/mol. The van der Waals surface area contributed by atoms with Gasteiger partial charge in [-0.2, -0.15) is 0 Å². The van der Waals surface area contributed by atoms with Crippen LogP contribution >= 0.6 is 0 Å². The summed E-state index contributed by atoms with van der Waals surface area (Å²) in [7, 11) is 1.96. The number of amidine groups is 1. The maximum atomic E-state index is 8.88. The van der Waals surface area contributed by atoms with Gasteiger partial charge in [0.05, 0.1) is 5.69 Å². The van der Waals surface area contributed by atoms with Crippen LogP contribution in [0.3, 0.4) is 0 Å². The molecule has 0 atom stereocenters. The molecule has 2 rings (SSSR count). The largest absolute Gasteiger partial charge is 0.409 e. The number of hydrogen-bond acceptors (Lipinski definition) is 3. The summed E-state index contributed by atoms with van der Waals surface area (Å²) < 4.78 is 0. The van der Waals surface area contributed by atoms with E-state index in [4.69, 9.17) is 10.9 Å². The predicted octanol–water partition coefficient (Wildman–Crippen LogP) is 2.86. The molecule has 98 valence electrons. The molecule has 0 bridgehead atoms. The fraction of sp³-hybridized carbons (Fsp3) is 0.133. The lowest BCUT2D eigenvalue weighted by atomic mass is 10.1. The fourth-order valence-corrected chi connectivity index (χ4v) is 1.98. The van der Waals surface area contributed by atoms with Gasteiger partial charge in [0, 0.05) is 18.3 Å². The molecule has 0 aliphatic rings. The summed E-state index contributed by atoms with van der Waals surface area (Å²) in [6.07, 6.45) is 0. The van der Waals surface area contributed by atoms with Crippen molar-refractivity contribution in [2.24, 2.45) is 10.9 Å². The molecule has 0 aliphatic carbocycles. The van der Waals surface area contributed by atoms with Crippen molar-refractivity contribution in [3.05, 3.63) is 59.7 Å². The first-order chi connectivity index (χ1) is 9.13. The van der Waals surface area contributed by atoms with Crippen molar-refractivity contribution in [1.29, 1.82) is 0 Å². The SMILES string of the molecule is Cc1ccc(C(N)=NO)c(N(C)c2ccccc2)c1. The summed E-state index contributed by atoms with van der Waals surface area (Å²) >= 11 is 0. The third kappa shape index (κ3) is 2.68. The van der Waals surface area contributed by atoms with Crippen LogP contribution in [0.1, 0.15) is 11.1 Å². The fourth-order valence-electron chi connectivity index (χ4n) is 1.98. The van der Waals surface area contributed by atoms with Crippen LogP contribution in [0.4, 0.5) is 11.4 Å². The Hall–Kier alpha value is -2.49. The van der Waals surface area contributed by atoms with Crippen molar-refractivity contribution in [3.63, 3.8) is 0 Å². The third-order valence-electron chi connectivity index (χ3n) is 3.04. The summed E-state index contributed by atoms with van der Waals surface area (Å²) in [5.74, 6) is 0.109. The number of benzene rings is 2. The Morgan fingerprint density at radius 3 is 2.47 bits per heavy atom. The maximum Gasteiger partial charge on any atom is 0.172 e. The monoisotopic (exact) mass is 255 g/mol. The van der Waals surface area contributed by atoms with E-state index >= 15 is 0 Å². The third-order valence-corrected chi connectivity index (χ3v) is 3.04. The maximum absolute atomic E-state index is 8.88. The molecule has 2 aromatic carbocycles. The molecule has 0 aliphatic heterocycles. The van der Waals surface area contributed by atoms with E-state index in [2.05, 4.69) is 5.16 Å². The Balaban J connectivity index is 2.52. The standard InChI is InChI=1S/C15H17N3O/c1-11-8-9-13(15(16)17-19)14(10-11)18(2)12-6-4-3-5-7-12/h3-10,19H,1-2H3,(H2,16,17). The average Bonchev–Trinajstić information content (AvgIpc) is 2.46. The minimum atomic E-state index is 0.109. The first-order valence-corrected chi connectivity index (χ1v) is 6.01. The number of anilines is 2. The van der Waals surface area contributed by atoms with E-state index in [-0.39, 0.29) is 5.84 Å². The van der Waals surface area contributed by atoms with E-state index in [0.29, 0.717) is 5.56 Å². The van der Waals surface area contributed by atoms with Gasteiger partial charge in [-0.3, -0.25) is 0 Å². The molecule has 19 heavy (non-hydrogen) atoms. The number of nitrogens with two attached hydrogens (primary N) is 1. The van der Waals surface area contributed by atoms with Gasteiger partial charge in [0.2, 0.25) is 0 Å². The average molecular weight is 255 g/mol. The van der Waals surface area contributed by atoms with Gasteiger partial charge in [0.15, 0.2) is 5.84 Å². The Morgan fingerprint density at radius 1 is 1.16 bits per heavy atom. The van der Waals surface area contributed by atoms with Crippen LogP contribution in [0.25, 0.3) is 0 Å². The van der Waals surface area contributed by atoms with Crippen LogP contribution in [0.15, 0.2) is 53.7 Å². The number of para-hydroxylation sites is 1. The number of nitrogens with zero attached hydrogens (tertiary/aromatic N) is 2. The Labute approximate surface area is 112 Å². The van der Waals surface area contributed by atoms with Crippen molar-refractivity contribution in [1.82, 2.24) is 0 Å². The van der Waals surface area contributed by atoms with Gasteiger partial charge in [-0.25, -0.2) is 0 Å². The molecule has 0 amide bonds. The van der Waals surface area contributed by atoms with E-state index in [1.165, 1.54) is 0 Å². The van der Waals surface area contributed by atoms with Crippen LogP contribution in [-0.4, -0.2) is 18.1 Å². The van der Waals surface area contributed by atoms with Gasteiger partial charge in [0.1, 0.15) is 0 Å². The molecular weight excluding hydrogens is 238 g/mol. The smallest absolute Gasteiger partial charge is 0.172 e. The van der Waals surface area contributed by atoms with Crippen LogP contribution in [0.5, 0.6) is 0 Å². The normalized spacial score (nSPS) is 11.4. The first-order valence-electron chi connectivity index (χ1n) is 6.01. The number of hydrogen-bond donors (Lipinski definition) is 2. The minimum absolute atomic E-state index is 0.109. The van der Waals surface area contributed by atoms with Crippen molar-refractivity contribution in [2.75, 3.05) is 11.9 Å². The quantitative estimate of drug-likeness (QED) is 0.384.